The first-order chi connectivity index (χ1) is 8.17. The first-order valence-electron chi connectivity index (χ1n) is 6.02. The summed E-state index contributed by atoms with van der Waals surface area (Å²) in [5.74, 6) is 1.92. The number of hydrogen-bond donors (Lipinski definition) is 1. The molecule has 0 aliphatic heterocycles. The van der Waals surface area contributed by atoms with Crippen LogP contribution in [0.25, 0.3) is 0 Å². The van der Waals surface area contributed by atoms with Crippen LogP contribution in [0.1, 0.15) is 43.8 Å². The van der Waals surface area contributed by atoms with E-state index in [0.717, 1.165) is 27.9 Å². The Bertz CT molecular complexity index is 407. The molecule has 5 heteroatoms. The molecular weight excluding hydrogens is 329 g/mol. The van der Waals surface area contributed by atoms with Gasteiger partial charge in [-0.15, -0.1) is 0 Å². The molecule has 1 saturated carbocycles. The summed E-state index contributed by atoms with van der Waals surface area (Å²) in [5.41, 5.74) is 7.00. The molecule has 0 bridgehead atoms. The van der Waals surface area contributed by atoms with Crippen molar-refractivity contribution in [3.63, 3.8) is 0 Å². The van der Waals surface area contributed by atoms with E-state index in [4.69, 9.17) is 10.5 Å². The van der Waals surface area contributed by atoms with Crippen LogP contribution < -0.4 is 5.73 Å². The van der Waals surface area contributed by atoms with Gasteiger partial charge in [0.1, 0.15) is 11.9 Å². The zero-order chi connectivity index (χ0) is 12.4. The van der Waals surface area contributed by atoms with Gasteiger partial charge in [-0.1, -0.05) is 13.3 Å². The number of anilines is 1. The Morgan fingerprint density at radius 2 is 2.18 bits per heavy atom. The minimum atomic E-state index is 0.0184. The summed E-state index contributed by atoms with van der Waals surface area (Å²) in [4.78, 5) is 9.01. The summed E-state index contributed by atoms with van der Waals surface area (Å²) in [6, 6.07) is 0. The Labute approximate surface area is 115 Å². The predicted molar refractivity (Wildman–Crippen MR) is 75.6 cm³/mol. The van der Waals surface area contributed by atoms with Gasteiger partial charge in [-0.05, 0) is 47.8 Å². The van der Waals surface area contributed by atoms with Gasteiger partial charge in [0.25, 0.3) is 0 Å². The second-order valence-corrected chi connectivity index (χ2v) is 5.55. The third-order valence-corrected chi connectivity index (χ3v) is 4.18. The van der Waals surface area contributed by atoms with Crippen molar-refractivity contribution in [2.24, 2.45) is 5.92 Å². The number of halogens is 1. The molecule has 94 valence electrons. The Morgan fingerprint density at radius 3 is 2.71 bits per heavy atom. The van der Waals surface area contributed by atoms with Gasteiger partial charge in [0.05, 0.1) is 9.26 Å². The highest BCUT2D eigenvalue weighted by Crippen LogP contribution is 2.42. The van der Waals surface area contributed by atoms with E-state index in [-0.39, 0.29) is 6.10 Å². The van der Waals surface area contributed by atoms with Gasteiger partial charge in [-0.25, -0.2) is 9.97 Å². The first-order valence-corrected chi connectivity index (χ1v) is 7.09. The normalized spacial score (nSPS) is 17.1. The predicted octanol–water partition coefficient (Wildman–Crippen LogP) is 2.71. The summed E-state index contributed by atoms with van der Waals surface area (Å²) in [6.45, 7) is 2.14. The van der Waals surface area contributed by atoms with Crippen molar-refractivity contribution in [1.82, 2.24) is 9.97 Å². The lowest BCUT2D eigenvalue weighted by Gasteiger charge is -2.15. The lowest BCUT2D eigenvalue weighted by molar-refractivity contribution is 0.0771. The highest BCUT2D eigenvalue weighted by molar-refractivity contribution is 14.1. The van der Waals surface area contributed by atoms with E-state index in [1.165, 1.54) is 12.8 Å². The monoisotopic (exact) mass is 347 g/mol. The maximum Gasteiger partial charge on any atom is 0.160 e. The van der Waals surface area contributed by atoms with Crippen molar-refractivity contribution in [2.45, 2.75) is 38.7 Å². The fraction of sp³-hybridized carbons (Fsp3) is 0.667. The maximum absolute atomic E-state index is 5.95. The zero-order valence-electron chi connectivity index (χ0n) is 10.2. The number of hydrogen-bond acceptors (Lipinski definition) is 4. The van der Waals surface area contributed by atoms with Crippen LogP contribution in [0.2, 0.25) is 0 Å². The molecule has 4 nitrogen and oxygen atoms in total. The number of aromatic nitrogens is 2. The van der Waals surface area contributed by atoms with E-state index in [1.54, 1.807) is 7.11 Å². The second kappa shape index (κ2) is 5.48. The number of aryl methyl sites for hydroxylation is 1. The van der Waals surface area contributed by atoms with Gasteiger partial charge in [0.15, 0.2) is 5.82 Å². The zero-order valence-corrected chi connectivity index (χ0v) is 12.4. The Balaban J connectivity index is 2.33. The van der Waals surface area contributed by atoms with E-state index in [0.29, 0.717) is 11.7 Å². The minimum Gasteiger partial charge on any atom is -0.383 e. The van der Waals surface area contributed by atoms with E-state index in [2.05, 4.69) is 39.5 Å². The van der Waals surface area contributed by atoms with Crippen LogP contribution in [0.5, 0.6) is 0 Å². The molecule has 1 aliphatic rings. The summed E-state index contributed by atoms with van der Waals surface area (Å²) in [7, 11) is 1.72. The molecule has 1 unspecified atom stereocenters. The van der Waals surface area contributed by atoms with Crippen LogP contribution in [0.15, 0.2) is 0 Å². The smallest absolute Gasteiger partial charge is 0.160 e. The van der Waals surface area contributed by atoms with Crippen LogP contribution in [0.3, 0.4) is 0 Å². The Hall–Kier alpha value is -0.430. The van der Waals surface area contributed by atoms with Crippen molar-refractivity contribution in [2.75, 3.05) is 12.8 Å². The second-order valence-electron chi connectivity index (χ2n) is 4.47. The van der Waals surface area contributed by atoms with Crippen LogP contribution in [-0.4, -0.2) is 17.1 Å². The summed E-state index contributed by atoms with van der Waals surface area (Å²) in [5, 5.41) is 0. The van der Waals surface area contributed by atoms with E-state index in [1.807, 2.05) is 0 Å². The van der Waals surface area contributed by atoms with Crippen LogP contribution in [0, 0.1) is 9.49 Å². The molecule has 1 atom stereocenters. The number of nitrogen functional groups attached to an aromatic ring is 1. The highest BCUT2D eigenvalue weighted by atomic mass is 127. The number of nitrogens with zero attached hydrogens (tertiary/aromatic N) is 2. The molecule has 1 aromatic heterocycles. The SMILES string of the molecule is CCCc1nc(C(OC)C2CC2)nc(N)c1I. The van der Waals surface area contributed by atoms with Crippen molar-refractivity contribution < 1.29 is 4.74 Å². The molecule has 0 spiro atoms. The number of methoxy groups -OCH3 is 1. The van der Waals surface area contributed by atoms with E-state index in [9.17, 15) is 0 Å². The quantitative estimate of drug-likeness (QED) is 0.832. The molecule has 0 saturated heterocycles. The average Bonchev–Trinajstić information content (AvgIpc) is 3.11. The van der Waals surface area contributed by atoms with Crippen LogP contribution >= 0.6 is 22.6 Å². The topological polar surface area (TPSA) is 61.0 Å². The molecule has 2 N–H and O–H groups in total. The van der Waals surface area contributed by atoms with Crippen molar-refractivity contribution in [3.8, 4) is 0 Å². The molecule has 2 rings (SSSR count). The lowest BCUT2D eigenvalue weighted by Crippen LogP contribution is -2.13. The molecule has 1 heterocycles. The molecule has 17 heavy (non-hydrogen) atoms. The van der Waals surface area contributed by atoms with Crippen molar-refractivity contribution in [3.05, 3.63) is 15.1 Å². The molecule has 0 aromatic carbocycles. The number of nitrogens with two attached hydrogens (primary N) is 1. The molecular formula is C12H18IN3O. The third-order valence-electron chi connectivity index (χ3n) is 3.01. The lowest BCUT2D eigenvalue weighted by atomic mass is 10.2. The first kappa shape index (κ1) is 13.0. The summed E-state index contributed by atoms with van der Waals surface area (Å²) < 4.78 is 6.49. The minimum absolute atomic E-state index is 0.0184. The van der Waals surface area contributed by atoms with Gasteiger partial charge in [-0.3, -0.25) is 0 Å². The highest BCUT2D eigenvalue weighted by Gasteiger charge is 2.34. The largest absolute Gasteiger partial charge is 0.383 e. The fourth-order valence-electron chi connectivity index (χ4n) is 1.97. The van der Waals surface area contributed by atoms with Gasteiger partial charge in [-0.2, -0.15) is 0 Å². The van der Waals surface area contributed by atoms with Crippen LogP contribution in [0.4, 0.5) is 5.82 Å². The average molecular weight is 347 g/mol. The molecule has 1 aliphatic carbocycles. The van der Waals surface area contributed by atoms with Crippen molar-refractivity contribution >= 4 is 28.4 Å². The Morgan fingerprint density at radius 1 is 1.47 bits per heavy atom. The molecule has 0 amide bonds. The molecule has 1 fully saturated rings. The summed E-state index contributed by atoms with van der Waals surface area (Å²) >= 11 is 2.22. The van der Waals surface area contributed by atoms with Gasteiger partial charge >= 0.3 is 0 Å². The van der Waals surface area contributed by atoms with Crippen molar-refractivity contribution in [1.29, 1.82) is 0 Å². The van der Waals surface area contributed by atoms with E-state index >= 15 is 0 Å². The summed E-state index contributed by atoms with van der Waals surface area (Å²) in [6.07, 6.45) is 4.43. The van der Waals surface area contributed by atoms with Gasteiger partial charge in [0, 0.05) is 7.11 Å². The maximum atomic E-state index is 5.95. The van der Waals surface area contributed by atoms with Crippen LogP contribution in [-0.2, 0) is 11.2 Å². The third kappa shape index (κ3) is 2.88. The van der Waals surface area contributed by atoms with E-state index < -0.39 is 0 Å². The standard InChI is InChI=1S/C12H18IN3O/c1-3-4-8-9(13)11(14)16-12(15-8)10(17-2)7-5-6-7/h7,10H,3-6H2,1-2H3,(H2,14,15,16). The van der Waals surface area contributed by atoms with Gasteiger partial charge in [0.2, 0.25) is 0 Å². The molecule has 0 radical (unpaired) electrons. The number of rotatable bonds is 5. The van der Waals surface area contributed by atoms with Gasteiger partial charge < -0.3 is 10.5 Å². The fourth-order valence-corrected chi connectivity index (χ4v) is 2.48. The number of ether oxygens (including phenoxy) is 1. The Kier molecular flexibility index (Phi) is 4.19. The molecule has 1 aromatic rings.